The quantitative estimate of drug-likeness (QED) is 0.634. The number of rotatable bonds is 7. The van der Waals surface area contributed by atoms with E-state index >= 15 is 0 Å². The van der Waals surface area contributed by atoms with E-state index in [1.165, 1.54) is 16.7 Å². The molecular formula is C14H22N2O2. The summed E-state index contributed by atoms with van der Waals surface area (Å²) in [6.45, 7) is 5.43. The van der Waals surface area contributed by atoms with Crippen LogP contribution in [-0.4, -0.2) is 37.3 Å². The molecule has 0 saturated heterocycles. The second-order valence-corrected chi connectivity index (χ2v) is 4.55. The Morgan fingerprint density at radius 3 is 2.61 bits per heavy atom. The first kappa shape index (κ1) is 14.7. The van der Waals surface area contributed by atoms with E-state index in [0.29, 0.717) is 6.54 Å². The number of aliphatic carboxylic acids is 1. The number of carboxylic acid groups (broad SMARTS) is 1. The molecule has 100 valence electrons. The Labute approximate surface area is 108 Å². The maximum Gasteiger partial charge on any atom is 0.322 e. The average molecular weight is 250 g/mol. The molecule has 1 rings (SSSR count). The smallest absolute Gasteiger partial charge is 0.322 e. The van der Waals surface area contributed by atoms with Crippen molar-refractivity contribution in [2.45, 2.75) is 26.3 Å². The fourth-order valence-electron chi connectivity index (χ4n) is 1.75. The van der Waals surface area contributed by atoms with Crippen LogP contribution in [-0.2, 0) is 11.2 Å². The van der Waals surface area contributed by atoms with E-state index in [0.717, 1.165) is 13.0 Å². The molecule has 3 N–H and O–H groups in total. The minimum Gasteiger partial charge on any atom is -0.480 e. The fraction of sp³-hybridized carbons (Fsp3) is 0.500. The van der Waals surface area contributed by atoms with Gasteiger partial charge in [-0.25, -0.2) is 0 Å². The van der Waals surface area contributed by atoms with Crippen LogP contribution in [0.15, 0.2) is 18.2 Å². The van der Waals surface area contributed by atoms with Gasteiger partial charge in [-0.2, -0.15) is 0 Å². The van der Waals surface area contributed by atoms with Crippen molar-refractivity contribution in [3.8, 4) is 0 Å². The van der Waals surface area contributed by atoms with E-state index < -0.39 is 12.0 Å². The van der Waals surface area contributed by atoms with Crippen LogP contribution in [0.5, 0.6) is 0 Å². The Morgan fingerprint density at radius 2 is 2.06 bits per heavy atom. The molecule has 0 bridgehead atoms. The van der Waals surface area contributed by atoms with Gasteiger partial charge in [0.2, 0.25) is 0 Å². The van der Waals surface area contributed by atoms with E-state index in [1.807, 2.05) is 0 Å². The highest BCUT2D eigenvalue weighted by molar-refractivity contribution is 5.73. The minimum atomic E-state index is -0.823. The summed E-state index contributed by atoms with van der Waals surface area (Å²) in [5.41, 5.74) is 3.88. The van der Waals surface area contributed by atoms with Crippen molar-refractivity contribution < 1.29 is 9.90 Å². The number of hydrogen-bond donors (Lipinski definition) is 3. The maximum absolute atomic E-state index is 10.8. The van der Waals surface area contributed by atoms with Gasteiger partial charge in [0.1, 0.15) is 6.04 Å². The highest BCUT2D eigenvalue weighted by Gasteiger charge is 2.13. The zero-order valence-electron chi connectivity index (χ0n) is 11.3. The number of aryl methyl sites for hydroxylation is 2. The number of carbonyl (C=O) groups is 1. The third kappa shape index (κ3) is 4.47. The van der Waals surface area contributed by atoms with E-state index in [2.05, 4.69) is 42.7 Å². The Bertz CT molecular complexity index is 405. The third-order valence-electron chi connectivity index (χ3n) is 3.16. The van der Waals surface area contributed by atoms with Gasteiger partial charge in [0.05, 0.1) is 0 Å². The van der Waals surface area contributed by atoms with Gasteiger partial charge in [0.25, 0.3) is 0 Å². The van der Waals surface area contributed by atoms with Crippen LogP contribution in [0.2, 0.25) is 0 Å². The SMILES string of the molecule is CNC(CNCCc1ccc(C)c(C)c1)C(=O)O. The molecule has 0 aliphatic heterocycles. The van der Waals surface area contributed by atoms with Crippen molar-refractivity contribution in [2.24, 2.45) is 0 Å². The predicted molar refractivity (Wildman–Crippen MR) is 73.0 cm³/mol. The molecule has 1 aromatic rings. The van der Waals surface area contributed by atoms with E-state index in [-0.39, 0.29) is 0 Å². The summed E-state index contributed by atoms with van der Waals surface area (Å²) in [5.74, 6) is -0.823. The topological polar surface area (TPSA) is 61.4 Å². The molecule has 0 amide bonds. The largest absolute Gasteiger partial charge is 0.480 e. The lowest BCUT2D eigenvalue weighted by molar-refractivity contribution is -0.139. The van der Waals surface area contributed by atoms with Crippen molar-refractivity contribution in [3.05, 3.63) is 34.9 Å². The van der Waals surface area contributed by atoms with Crippen LogP contribution < -0.4 is 10.6 Å². The predicted octanol–water partition coefficient (Wildman–Crippen LogP) is 1.11. The Balaban J connectivity index is 2.33. The van der Waals surface area contributed by atoms with Crippen molar-refractivity contribution >= 4 is 5.97 Å². The lowest BCUT2D eigenvalue weighted by Crippen LogP contribution is -2.43. The van der Waals surface area contributed by atoms with Crippen LogP contribution in [0.1, 0.15) is 16.7 Å². The van der Waals surface area contributed by atoms with Crippen molar-refractivity contribution in [2.75, 3.05) is 20.1 Å². The van der Waals surface area contributed by atoms with Gasteiger partial charge in [-0.15, -0.1) is 0 Å². The standard InChI is InChI=1S/C14H22N2O2/c1-10-4-5-12(8-11(10)2)6-7-16-9-13(15-3)14(17)18/h4-5,8,13,15-16H,6-7,9H2,1-3H3,(H,17,18). The zero-order chi connectivity index (χ0) is 13.5. The van der Waals surface area contributed by atoms with E-state index in [9.17, 15) is 4.79 Å². The van der Waals surface area contributed by atoms with Crippen LogP contribution in [0.3, 0.4) is 0 Å². The van der Waals surface area contributed by atoms with Gasteiger partial charge in [-0.3, -0.25) is 4.79 Å². The van der Waals surface area contributed by atoms with Crippen LogP contribution in [0.25, 0.3) is 0 Å². The third-order valence-corrected chi connectivity index (χ3v) is 3.16. The first-order valence-electron chi connectivity index (χ1n) is 6.21. The second-order valence-electron chi connectivity index (χ2n) is 4.55. The lowest BCUT2D eigenvalue weighted by Gasteiger charge is -2.12. The maximum atomic E-state index is 10.8. The van der Waals surface area contributed by atoms with Gasteiger partial charge >= 0.3 is 5.97 Å². The highest BCUT2D eigenvalue weighted by Crippen LogP contribution is 2.09. The first-order chi connectivity index (χ1) is 8.54. The summed E-state index contributed by atoms with van der Waals surface area (Å²) in [6.07, 6.45) is 0.914. The summed E-state index contributed by atoms with van der Waals surface area (Å²) < 4.78 is 0. The molecule has 0 heterocycles. The summed E-state index contributed by atoms with van der Waals surface area (Å²) in [6, 6.07) is 5.91. The number of nitrogens with one attached hydrogen (secondary N) is 2. The second kappa shape index (κ2) is 7.13. The Hall–Kier alpha value is -1.39. The fourth-order valence-corrected chi connectivity index (χ4v) is 1.75. The van der Waals surface area contributed by atoms with Gasteiger partial charge in [0.15, 0.2) is 0 Å². The van der Waals surface area contributed by atoms with Crippen LogP contribution in [0, 0.1) is 13.8 Å². The molecule has 0 radical (unpaired) electrons. The number of likely N-dealkylation sites (N-methyl/N-ethyl adjacent to an activating group) is 1. The molecule has 4 heteroatoms. The van der Waals surface area contributed by atoms with Gasteiger partial charge in [-0.05, 0) is 50.6 Å². The number of benzene rings is 1. The molecule has 18 heavy (non-hydrogen) atoms. The number of hydrogen-bond acceptors (Lipinski definition) is 3. The summed E-state index contributed by atoms with van der Waals surface area (Å²) in [5, 5.41) is 14.8. The lowest BCUT2D eigenvalue weighted by atomic mass is 10.0. The molecule has 4 nitrogen and oxygen atoms in total. The zero-order valence-corrected chi connectivity index (χ0v) is 11.3. The van der Waals surface area contributed by atoms with Crippen LogP contribution in [0.4, 0.5) is 0 Å². The van der Waals surface area contributed by atoms with Gasteiger partial charge in [0, 0.05) is 6.54 Å². The first-order valence-corrected chi connectivity index (χ1v) is 6.21. The van der Waals surface area contributed by atoms with Crippen molar-refractivity contribution in [1.82, 2.24) is 10.6 Å². The van der Waals surface area contributed by atoms with E-state index in [4.69, 9.17) is 5.11 Å². The molecule has 0 aliphatic rings. The molecule has 0 aromatic heterocycles. The number of carboxylic acids is 1. The summed E-state index contributed by atoms with van der Waals surface area (Å²) in [7, 11) is 1.66. The molecule has 1 unspecified atom stereocenters. The van der Waals surface area contributed by atoms with Crippen LogP contribution >= 0.6 is 0 Å². The summed E-state index contributed by atoms with van der Waals surface area (Å²) >= 11 is 0. The van der Waals surface area contributed by atoms with Crippen molar-refractivity contribution in [3.63, 3.8) is 0 Å². The minimum absolute atomic E-state index is 0.441. The molecule has 0 saturated carbocycles. The Morgan fingerprint density at radius 1 is 1.33 bits per heavy atom. The van der Waals surface area contributed by atoms with Crippen molar-refractivity contribution in [1.29, 1.82) is 0 Å². The van der Waals surface area contributed by atoms with Gasteiger partial charge in [-0.1, -0.05) is 18.2 Å². The summed E-state index contributed by atoms with van der Waals surface area (Å²) in [4.78, 5) is 10.8. The highest BCUT2D eigenvalue weighted by atomic mass is 16.4. The van der Waals surface area contributed by atoms with E-state index in [1.54, 1.807) is 7.05 Å². The Kier molecular flexibility index (Phi) is 5.82. The normalized spacial score (nSPS) is 12.4. The average Bonchev–Trinajstić information content (AvgIpc) is 2.33. The molecule has 1 atom stereocenters. The molecule has 0 fully saturated rings. The molecule has 0 aliphatic carbocycles. The molecular weight excluding hydrogens is 228 g/mol. The monoisotopic (exact) mass is 250 g/mol. The molecule has 0 spiro atoms. The molecule has 1 aromatic carbocycles. The van der Waals surface area contributed by atoms with Gasteiger partial charge < -0.3 is 15.7 Å².